The van der Waals surface area contributed by atoms with Gasteiger partial charge in [0.05, 0.1) is 13.2 Å². The minimum absolute atomic E-state index is 0.191. The largest absolute Gasteiger partial charge is 0.457 e. The summed E-state index contributed by atoms with van der Waals surface area (Å²) >= 11 is 0. The van der Waals surface area contributed by atoms with E-state index in [9.17, 15) is 35.4 Å². The number of aliphatic hydroxyl groups excluding tert-OH is 6. The van der Waals surface area contributed by atoms with E-state index in [4.69, 9.17) is 23.4 Å². The highest BCUT2D eigenvalue weighted by Crippen LogP contribution is 2.38. The molecule has 0 saturated carbocycles. The molecule has 2 aliphatic rings. The molecule has 0 aromatic heterocycles. The van der Waals surface area contributed by atoms with Crippen LogP contribution in [-0.2, 0) is 28.2 Å². The molecule has 6 N–H and O–H groups in total. The lowest BCUT2D eigenvalue weighted by molar-refractivity contribution is -0.355. The van der Waals surface area contributed by atoms with Crippen LogP contribution < -0.4 is 10.4 Å². The first-order chi connectivity index (χ1) is 20.3. The fraction of sp³-hybridized carbons (Fsp3) is 0.567. The molecule has 13 heteroatoms. The van der Waals surface area contributed by atoms with Crippen molar-refractivity contribution in [1.82, 2.24) is 0 Å². The van der Waals surface area contributed by atoms with Crippen LogP contribution in [0.3, 0.4) is 0 Å². The number of ether oxygens (including phenoxy) is 4. The van der Waals surface area contributed by atoms with Gasteiger partial charge in [-0.2, -0.15) is 0 Å². The van der Waals surface area contributed by atoms with Crippen LogP contribution in [0.15, 0.2) is 60.7 Å². The van der Waals surface area contributed by atoms with Crippen LogP contribution in [0.5, 0.6) is 0 Å². The lowest BCUT2D eigenvalue weighted by atomic mass is 9.97. The fourth-order valence-corrected chi connectivity index (χ4v) is 10.4. The SMILES string of the molecule is CC(=O)O[C@H]1[C@H](O)[C@@H](O)[C@@H](O[C@H]2[C@H](O)[C@@H](O)C(O)O[C@@H]2CO)O[C@@H]1CO[Si](c1ccccc1)(c1ccccc1)C(C)(C)C. The van der Waals surface area contributed by atoms with Crippen molar-refractivity contribution in [3.05, 3.63) is 60.7 Å². The smallest absolute Gasteiger partial charge is 0.303 e. The van der Waals surface area contributed by atoms with Crippen molar-refractivity contribution in [2.24, 2.45) is 0 Å². The van der Waals surface area contributed by atoms with Gasteiger partial charge in [0.25, 0.3) is 8.32 Å². The Morgan fingerprint density at radius 1 is 0.791 bits per heavy atom. The van der Waals surface area contributed by atoms with Crippen LogP contribution in [-0.4, -0.2) is 120 Å². The van der Waals surface area contributed by atoms with Crippen LogP contribution in [0.25, 0.3) is 0 Å². The number of hydrogen-bond acceptors (Lipinski definition) is 12. The first kappa shape index (κ1) is 33.6. The molecule has 0 bridgehead atoms. The monoisotopic (exact) mass is 622 g/mol. The number of benzene rings is 2. The molecule has 1 unspecified atom stereocenters. The molecule has 12 nitrogen and oxygen atoms in total. The first-order valence-electron chi connectivity index (χ1n) is 14.2. The molecule has 4 rings (SSSR count). The number of esters is 1. The molecule has 2 saturated heterocycles. The first-order valence-corrected chi connectivity index (χ1v) is 16.1. The molecular formula is C30H42O12Si. The Kier molecular flexibility index (Phi) is 10.8. The molecular weight excluding hydrogens is 580 g/mol. The molecule has 43 heavy (non-hydrogen) atoms. The Hall–Kier alpha value is -2.27. The van der Waals surface area contributed by atoms with E-state index in [0.717, 1.165) is 17.3 Å². The average Bonchev–Trinajstić information content (AvgIpc) is 2.98. The van der Waals surface area contributed by atoms with Crippen LogP contribution in [0.4, 0.5) is 0 Å². The average molecular weight is 623 g/mol. The summed E-state index contributed by atoms with van der Waals surface area (Å²) in [6, 6.07) is 19.5. The summed E-state index contributed by atoms with van der Waals surface area (Å²) in [4.78, 5) is 12.0. The summed E-state index contributed by atoms with van der Waals surface area (Å²) in [5.41, 5.74) is 0. The van der Waals surface area contributed by atoms with E-state index in [0.29, 0.717) is 0 Å². The molecule has 0 radical (unpaired) electrons. The minimum atomic E-state index is -3.11. The molecule has 0 spiro atoms. The van der Waals surface area contributed by atoms with E-state index < -0.39 is 87.3 Å². The van der Waals surface area contributed by atoms with Crippen LogP contribution in [0.1, 0.15) is 27.7 Å². The zero-order chi connectivity index (χ0) is 31.5. The maximum atomic E-state index is 12.0. The normalized spacial score (nSPS) is 33.6. The molecule has 2 aromatic rings. The van der Waals surface area contributed by atoms with Crippen molar-refractivity contribution in [1.29, 1.82) is 0 Å². The van der Waals surface area contributed by atoms with Gasteiger partial charge >= 0.3 is 5.97 Å². The van der Waals surface area contributed by atoms with E-state index in [1.165, 1.54) is 0 Å². The summed E-state index contributed by atoms with van der Waals surface area (Å²) in [5.74, 6) is -0.719. The standard InChI is InChI=1S/C30H42O12Si/c1-17(32)39-27-21(41-29(25(36)23(27)34)42-26-20(15-31)40-28(37)24(35)22(26)33)16-38-43(30(2,3)4,18-11-7-5-8-12-18)19-13-9-6-10-14-19/h5-14,20-29,31,33-37H,15-16H2,1-4H3/t20-,21-,22-,23-,24-,25-,26-,27-,28?,29-/m1/s1. The molecule has 0 aliphatic carbocycles. The van der Waals surface area contributed by atoms with Crippen molar-refractivity contribution in [3.63, 3.8) is 0 Å². The summed E-state index contributed by atoms with van der Waals surface area (Å²) in [6.07, 6.45) is -15.6. The van der Waals surface area contributed by atoms with Gasteiger partial charge in [0, 0.05) is 6.92 Å². The van der Waals surface area contributed by atoms with Crippen molar-refractivity contribution in [2.75, 3.05) is 13.2 Å². The van der Waals surface area contributed by atoms with Gasteiger partial charge in [-0.15, -0.1) is 0 Å². The van der Waals surface area contributed by atoms with Gasteiger partial charge in [-0.1, -0.05) is 81.4 Å². The molecule has 10 atom stereocenters. The van der Waals surface area contributed by atoms with Crippen molar-refractivity contribution in [3.8, 4) is 0 Å². The summed E-state index contributed by atoms with van der Waals surface area (Å²) in [5, 5.41) is 63.9. The van der Waals surface area contributed by atoms with E-state index in [2.05, 4.69) is 20.8 Å². The third kappa shape index (κ3) is 6.87. The third-order valence-corrected chi connectivity index (χ3v) is 13.0. The topological polar surface area (TPSA) is 185 Å². The predicted octanol–water partition coefficient (Wildman–Crippen LogP) is -1.24. The molecule has 2 aliphatic heterocycles. The van der Waals surface area contributed by atoms with Crippen LogP contribution in [0, 0.1) is 0 Å². The summed E-state index contributed by atoms with van der Waals surface area (Å²) in [7, 11) is -3.11. The van der Waals surface area contributed by atoms with Gasteiger partial charge in [0.15, 0.2) is 18.7 Å². The Bertz CT molecular complexity index is 1140. The number of aliphatic hydroxyl groups is 6. The zero-order valence-corrected chi connectivity index (χ0v) is 25.6. The van der Waals surface area contributed by atoms with E-state index in [-0.39, 0.29) is 6.61 Å². The molecule has 2 heterocycles. The maximum absolute atomic E-state index is 12.0. The highest BCUT2D eigenvalue weighted by molar-refractivity contribution is 6.99. The van der Waals surface area contributed by atoms with E-state index in [1.54, 1.807) is 0 Å². The van der Waals surface area contributed by atoms with Gasteiger partial charge < -0.3 is 54.0 Å². The molecule has 238 valence electrons. The highest BCUT2D eigenvalue weighted by Gasteiger charge is 2.54. The second kappa shape index (κ2) is 13.8. The quantitative estimate of drug-likeness (QED) is 0.145. The van der Waals surface area contributed by atoms with Gasteiger partial charge in [0.1, 0.15) is 42.7 Å². The highest BCUT2D eigenvalue weighted by atomic mass is 28.4. The Labute approximate surface area is 251 Å². The predicted molar refractivity (Wildman–Crippen MR) is 155 cm³/mol. The Morgan fingerprint density at radius 3 is 1.81 bits per heavy atom. The molecule has 0 amide bonds. The van der Waals surface area contributed by atoms with Gasteiger partial charge in [-0.3, -0.25) is 4.79 Å². The third-order valence-electron chi connectivity index (χ3n) is 7.95. The second-order valence-corrected chi connectivity index (χ2v) is 16.2. The zero-order valence-electron chi connectivity index (χ0n) is 24.6. The van der Waals surface area contributed by atoms with E-state index in [1.807, 2.05) is 60.7 Å². The Balaban J connectivity index is 1.68. The van der Waals surface area contributed by atoms with Crippen molar-refractivity contribution >= 4 is 24.7 Å². The number of hydrogen-bond donors (Lipinski definition) is 6. The summed E-state index contributed by atoms with van der Waals surface area (Å²) in [6.45, 7) is 6.50. The molecule has 2 aromatic carbocycles. The summed E-state index contributed by atoms with van der Waals surface area (Å²) < 4.78 is 29.3. The maximum Gasteiger partial charge on any atom is 0.303 e. The second-order valence-electron chi connectivity index (χ2n) is 11.9. The van der Waals surface area contributed by atoms with Gasteiger partial charge in [0.2, 0.25) is 0 Å². The van der Waals surface area contributed by atoms with Gasteiger partial charge in [-0.05, 0) is 15.4 Å². The lowest BCUT2D eigenvalue weighted by Crippen LogP contribution is -2.69. The van der Waals surface area contributed by atoms with Gasteiger partial charge in [-0.25, -0.2) is 0 Å². The van der Waals surface area contributed by atoms with Crippen LogP contribution in [0.2, 0.25) is 5.04 Å². The van der Waals surface area contributed by atoms with Crippen molar-refractivity contribution in [2.45, 2.75) is 94.1 Å². The number of carbonyl (C=O) groups is 1. The minimum Gasteiger partial charge on any atom is -0.457 e. The van der Waals surface area contributed by atoms with Crippen molar-refractivity contribution < 1.29 is 58.8 Å². The fourth-order valence-electron chi connectivity index (χ4n) is 5.85. The lowest BCUT2D eigenvalue weighted by Gasteiger charge is -2.47. The van der Waals surface area contributed by atoms with E-state index >= 15 is 0 Å². The molecule has 2 fully saturated rings. The Morgan fingerprint density at radius 2 is 1.33 bits per heavy atom. The van der Waals surface area contributed by atoms with Crippen LogP contribution >= 0.6 is 0 Å². The number of carbonyl (C=O) groups excluding carboxylic acids is 1. The number of rotatable bonds is 9.